The van der Waals surface area contributed by atoms with Crippen molar-refractivity contribution >= 4 is 17.4 Å². The van der Waals surface area contributed by atoms with Crippen molar-refractivity contribution < 1.29 is 24.4 Å². The Balaban J connectivity index is 1.52. The van der Waals surface area contributed by atoms with Crippen molar-refractivity contribution in [1.29, 1.82) is 0 Å². The number of hydrogen-bond acceptors (Lipinski definition) is 6. The SMILES string of the molecule is O=C(COc1ccc(C(=O)c2ccccc2)cc1)NCc1cc([N+](=O)[O-])ccc1[O-]. The third-order valence-electron chi connectivity index (χ3n) is 4.25. The Hall–Kier alpha value is -4.20. The molecular formula is C22H17N2O6-. The minimum atomic E-state index is -0.611. The van der Waals surface area contributed by atoms with Crippen LogP contribution >= 0.6 is 0 Å². The molecule has 152 valence electrons. The summed E-state index contributed by atoms with van der Waals surface area (Å²) in [4.78, 5) is 34.5. The third-order valence-corrected chi connectivity index (χ3v) is 4.25. The largest absolute Gasteiger partial charge is 0.872 e. The molecule has 1 N–H and O–H groups in total. The number of amides is 1. The van der Waals surface area contributed by atoms with E-state index in [1.54, 1.807) is 48.5 Å². The van der Waals surface area contributed by atoms with Crippen LogP contribution in [0.2, 0.25) is 0 Å². The fraction of sp³-hybridized carbons (Fsp3) is 0.0909. The van der Waals surface area contributed by atoms with E-state index in [0.29, 0.717) is 16.9 Å². The van der Waals surface area contributed by atoms with Gasteiger partial charge in [-0.2, -0.15) is 0 Å². The zero-order chi connectivity index (χ0) is 21.5. The topological polar surface area (TPSA) is 122 Å². The van der Waals surface area contributed by atoms with Crippen LogP contribution in [0, 0.1) is 10.1 Å². The molecule has 8 heteroatoms. The Morgan fingerprint density at radius 3 is 2.27 bits per heavy atom. The first-order valence-corrected chi connectivity index (χ1v) is 8.97. The minimum absolute atomic E-state index is 0.112. The van der Waals surface area contributed by atoms with Crippen LogP contribution in [0.25, 0.3) is 0 Å². The smallest absolute Gasteiger partial charge is 0.269 e. The van der Waals surface area contributed by atoms with Gasteiger partial charge in [0.05, 0.1) is 4.92 Å². The molecule has 3 rings (SSSR count). The molecule has 0 radical (unpaired) electrons. The molecule has 0 fully saturated rings. The van der Waals surface area contributed by atoms with Gasteiger partial charge in [-0.25, -0.2) is 0 Å². The van der Waals surface area contributed by atoms with Crippen LogP contribution in [0.15, 0.2) is 72.8 Å². The van der Waals surface area contributed by atoms with Crippen LogP contribution in [0.4, 0.5) is 5.69 Å². The predicted molar refractivity (Wildman–Crippen MR) is 106 cm³/mol. The molecule has 0 heterocycles. The van der Waals surface area contributed by atoms with Crippen molar-refractivity contribution in [2.24, 2.45) is 0 Å². The summed E-state index contributed by atoms with van der Waals surface area (Å²) in [6.45, 7) is -0.456. The van der Waals surface area contributed by atoms with Gasteiger partial charge < -0.3 is 15.2 Å². The van der Waals surface area contributed by atoms with Gasteiger partial charge in [0.2, 0.25) is 0 Å². The average molecular weight is 405 g/mol. The van der Waals surface area contributed by atoms with Crippen molar-refractivity contribution in [3.05, 3.63) is 99.6 Å². The van der Waals surface area contributed by atoms with Gasteiger partial charge in [-0.15, -0.1) is 5.75 Å². The molecular weight excluding hydrogens is 388 g/mol. The van der Waals surface area contributed by atoms with Gasteiger partial charge in [0.25, 0.3) is 11.6 Å². The van der Waals surface area contributed by atoms with E-state index in [4.69, 9.17) is 4.74 Å². The molecule has 0 aliphatic heterocycles. The van der Waals surface area contributed by atoms with Crippen LogP contribution in [0.5, 0.6) is 11.5 Å². The quantitative estimate of drug-likeness (QED) is 0.349. The molecule has 3 aromatic carbocycles. The molecule has 0 atom stereocenters. The van der Waals surface area contributed by atoms with Crippen molar-refractivity contribution in [2.45, 2.75) is 6.54 Å². The summed E-state index contributed by atoms with van der Waals surface area (Å²) in [7, 11) is 0. The molecule has 0 saturated carbocycles. The predicted octanol–water partition coefficient (Wildman–Crippen LogP) is 2.59. The highest BCUT2D eigenvalue weighted by Crippen LogP contribution is 2.20. The van der Waals surface area contributed by atoms with E-state index in [1.165, 1.54) is 0 Å². The van der Waals surface area contributed by atoms with Crippen LogP contribution in [-0.4, -0.2) is 23.2 Å². The average Bonchev–Trinajstić information content (AvgIpc) is 2.77. The summed E-state index contributed by atoms with van der Waals surface area (Å²) in [6.07, 6.45) is 0. The number of nitro groups is 1. The van der Waals surface area contributed by atoms with Gasteiger partial charge in [0, 0.05) is 29.8 Å². The van der Waals surface area contributed by atoms with Gasteiger partial charge in [-0.3, -0.25) is 19.7 Å². The summed E-state index contributed by atoms with van der Waals surface area (Å²) < 4.78 is 5.38. The summed E-state index contributed by atoms with van der Waals surface area (Å²) in [5.74, 6) is -0.620. The molecule has 0 unspecified atom stereocenters. The van der Waals surface area contributed by atoms with Gasteiger partial charge in [-0.05, 0) is 29.8 Å². The lowest BCUT2D eigenvalue weighted by Gasteiger charge is -2.14. The second-order valence-corrected chi connectivity index (χ2v) is 6.33. The van der Waals surface area contributed by atoms with E-state index in [9.17, 15) is 24.8 Å². The van der Waals surface area contributed by atoms with E-state index in [1.807, 2.05) is 6.07 Å². The Bertz CT molecular complexity index is 1060. The number of nitro benzene ring substituents is 1. The number of carbonyl (C=O) groups is 2. The standard InChI is InChI=1S/C22H18N2O6/c25-20-11-8-18(24(28)29)12-17(20)13-23-21(26)14-30-19-9-6-16(7-10-19)22(27)15-4-2-1-3-5-15/h1-12,25H,13-14H2,(H,23,26)/p-1. The monoisotopic (exact) mass is 405 g/mol. The highest BCUT2D eigenvalue weighted by molar-refractivity contribution is 6.08. The number of non-ortho nitro benzene ring substituents is 1. The van der Waals surface area contributed by atoms with E-state index >= 15 is 0 Å². The number of hydrogen-bond donors (Lipinski definition) is 1. The first-order chi connectivity index (χ1) is 14.4. The maximum absolute atomic E-state index is 12.4. The highest BCUT2D eigenvalue weighted by Gasteiger charge is 2.10. The lowest BCUT2D eigenvalue weighted by atomic mass is 10.0. The number of nitrogens with zero attached hydrogens (tertiary/aromatic N) is 1. The number of ketones is 1. The fourth-order valence-corrected chi connectivity index (χ4v) is 2.67. The molecule has 0 bridgehead atoms. The number of ether oxygens (including phenoxy) is 1. The molecule has 0 spiro atoms. The Morgan fingerprint density at radius 2 is 1.60 bits per heavy atom. The van der Waals surface area contributed by atoms with Crippen molar-refractivity contribution in [3.8, 4) is 11.5 Å². The minimum Gasteiger partial charge on any atom is -0.872 e. The third kappa shape index (κ3) is 5.20. The first-order valence-electron chi connectivity index (χ1n) is 8.97. The van der Waals surface area contributed by atoms with E-state index < -0.39 is 16.6 Å². The second-order valence-electron chi connectivity index (χ2n) is 6.33. The van der Waals surface area contributed by atoms with Crippen LogP contribution in [-0.2, 0) is 11.3 Å². The first kappa shape index (κ1) is 20.5. The number of carbonyl (C=O) groups excluding carboxylic acids is 2. The molecule has 8 nitrogen and oxygen atoms in total. The maximum atomic E-state index is 12.4. The molecule has 0 aliphatic rings. The summed E-state index contributed by atoms with van der Waals surface area (Å²) in [5.41, 5.74) is 0.956. The van der Waals surface area contributed by atoms with Crippen LogP contribution < -0.4 is 15.2 Å². The Kier molecular flexibility index (Phi) is 6.39. The zero-order valence-electron chi connectivity index (χ0n) is 15.7. The Morgan fingerprint density at radius 1 is 0.933 bits per heavy atom. The molecule has 3 aromatic rings. The molecule has 0 saturated heterocycles. The van der Waals surface area contributed by atoms with E-state index in [0.717, 1.165) is 18.2 Å². The van der Waals surface area contributed by atoms with E-state index in [2.05, 4.69) is 5.32 Å². The molecule has 30 heavy (non-hydrogen) atoms. The van der Waals surface area contributed by atoms with Gasteiger partial charge in [0.1, 0.15) is 5.75 Å². The fourth-order valence-electron chi connectivity index (χ4n) is 2.67. The molecule has 1 amide bonds. The summed E-state index contributed by atoms with van der Waals surface area (Å²) >= 11 is 0. The van der Waals surface area contributed by atoms with Crippen molar-refractivity contribution in [1.82, 2.24) is 5.32 Å². The lowest BCUT2D eigenvalue weighted by molar-refractivity contribution is -0.385. The number of nitrogens with one attached hydrogen (secondary N) is 1. The Labute approximate surface area is 171 Å². The second kappa shape index (κ2) is 9.33. The number of benzene rings is 3. The van der Waals surface area contributed by atoms with Crippen LogP contribution in [0.3, 0.4) is 0 Å². The van der Waals surface area contributed by atoms with Crippen molar-refractivity contribution in [2.75, 3.05) is 6.61 Å². The maximum Gasteiger partial charge on any atom is 0.269 e. The highest BCUT2D eigenvalue weighted by atomic mass is 16.6. The molecule has 0 aliphatic carbocycles. The van der Waals surface area contributed by atoms with E-state index in [-0.39, 0.29) is 30.2 Å². The van der Waals surface area contributed by atoms with Gasteiger partial charge >= 0.3 is 0 Å². The number of rotatable bonds is 8. The summed E-state index contributed by atoms with van der Waals surface area (Å²) in [5, 5.41) is 25.0. The normalized spacial score (nSPS) is 10.3. The molecule has 0 aromatic heterocycles. The zero-order valence-corrected chi connectivity index (χ0v) is 15.7. The summed E-state index contributed by atoms with van der Waals surface area (Å²) in [6, 6.07) is 18.6. The van der Waals surface area contributed by atoms with Crippen molar-refractivity contribution in [3.63, 3.8) is 0 Å². The van der Waals surface area contributed by atoms with Gasteiger partial charge in [-0.1, -0.05) is 36.4 Å². The van der Waals surface area contributed by atoms with Crippen LogP contribution in [0.1, 0.15) is 21.5 Å². The van der Waals surface area contributed by atoms with Gasteiger partial charge in [0.15, 0.2) is 12.4 Å². The lowest BCUT2D eigenvalue weighted by Crippen LogP contribution is -2.28.